The van der Waals surface area contributed by atoms with E-state index < -0.39 is 0 Å². The molecule has 0 saturated carbocycles. The van der Waals surface area contributed by atoms with Crippen molar-refractivity contribution >= 4 is 38.0 Å². The third-order valence-electron chi connectivity index (χ3n) is 3.26. The van der Waals surface area contributed by atoms with Crippen molar-refractivity contribution in [3.05, 3.63) is 59.3 Å². The summed E-state index contributed by atoms with van der Waals surface area (Å²) in [5, 5.41) is 2.09. The van der Waals surface area contributed by atoms with Gasteiger partial charge in [0.05, 0.1) is 5.69 Å². The van der Waals surface area contributed by atoms with E-state index in [-0.39, 0.29) is 0 Å². The zero-order chi connectivity index (χ0) is 13.5. The molecule has 96 valence electrons. The van der Waals surface area contributed by atoms with Gasteiger partial charge in [0.1, 0.15) is 5.58 Å². The van der Waals surface area contributed by atoms with Crippen molar-refractivity contribution in [1.29, 1.82) is 0 Å². The van der Waals surface area contributed by atoms with Crippen LogP contribution in [0, 0.1) is 0 Å². The molecule has 0 bridgehead atoms. The maximum Gasteiger partial charge on any atom is 0.227 e. The van der Waals surface area contributed by atoms with Crippen LogP contribution in [0.2, 0.25) is 0 Å². The van der Waals surface area contributed by atoms with E-state index in [1.165, 1.54) is 0 Å². The van der Waals surface area contributed by atoms with Gasteiger partial charge in [0, 0.05) is 33.2 Å². The summed E-state index contributed by atoms with van der Waals surface area (Å²) in [7, 11) is 0. The van der Waals surface area contributed by atoms with Gasteiger partial charge in [-0.3, -0.25) is 4.98 Å². The second-order valence-corrected chi connectivity index (χ2v) is 5.45. The zero-order valence-electron chi connectivity index (χ0n) is 10.4. The third-order valence-corrected chi connectivity index (χ3v) is 3.73. The Morgan fingerprint density at radius 3 is 2.65 bits per heavy atom. The number of halogens is 1. The van der Waals surface area contributed by atoms with Crippen LogP contribution in [0.25, 0.3) is 33.3 Å². The number of benzene rings is 1. The molecule has 0 aliphatic heterocycles. The number of hydrogen-bond donors (Lipinski definition) is 0. The van der Waals surface area contributed by atoms with Crippen LogP contribution >= 0.6 is 15.9 Å². The fraction of sp³-hybridized carbons (Fsp3) is 0. The van der Waals surface area contributed by atoms with Crippen molar-refractivity contribution in [1.82, 2.24) is 9.97 Å². The van der Waals surface area contributed by atoms with Crippen LogP contribution in [0.5, 0.6) is 0 Å². The summed E-state index contributed by atoms with van der Waals surface area (Å²) in [5.74, 6) is 0. The van der Waals surface area contributed by atoms with Gasteiger partial charge in [-0.2, -0.15) is 0 Å². The van der Waals surface area contributed by atoms with E-state index in [9.17, 15) is 0 Å². The minimum atomic E-state index is 0.659. The normalized spacial score (nSPS) is 11.2. The summed E-state index contributed by atoms with van der Waals surface area (Å²) in [6.45, 7) is 0. The molecule has 0 aliphatic carbocycles. The lowest BCUT2D eigenvalue weighted by atomic mass is 10.1. The van der Waals surface area contributed by atoms with E-state index in [0.29, 0.717) is 5.71 Å². The highest BCUT2D eigenvalue weighted by Gasteiger charge is 2.09. The predicted molar refractivity (Wildman–Crippen MR) is 82.4 cm³/mol. The molecule has 20 heavy (non-hydrogen) atoms. The Kier molecular flexibility index (Phi) is 2.57. The number of furan rings is 1. The molecule has 0 radical (unpaired) electrons. The second-order valence-electron chi connectivity index (χ2n) is 4.54. The van der Waals surface area contributed by atoms with Crippen LogP contribution in [0.3, 0.4) is 0 Å². The number of pyridine rings is 2. The minimum Gasteiger partial charge on any atom is -0.438 e. The Balaban J connectivity index is 1.97. The van der Waals surface area contributed by atoms with Crippen molar-refractivity contribution in [2.75, 3.05) is 0 Å². The van der Waals surface area contributed by atoms with Crippen molar-refractivity contribution in [3.63, 3.8) is 0 Å². The van der Waals surface area contributed by atoms with E-state index in [1.807, 2.05) is 36.4 Å². The SMILES string of the molecule is Brc1ccc(-c2cnc3oc4ccccc4c3c2)nc1. The average Bonchev–Trinajstić information content (AvgIpc) is 2.86. The largest absolute Gasteiger partial charge is 0.438 e. The summed E-state index contributed by atoms with van der Waals surface area (Å²) in [6, 6.07) is 14.0. The first kappa shape index (κ1) is 11.6. The van der Waals surface area contributed by atoms with Gasteiger partial charge >= 0.3 is 0 Å². The Hall–Kier alpha value is -2.20. The van der Waals surface area contributed by atoms with Crippen molar-refractivity contribution in [2.24, 2.45) is 0 Å². The molecule has 0 spiro atoms. The molecule has 4 rings (SSSR count). The number of rotatable bonds is 1. The molecule has 0 saturated heterocycles. The first-order valence-electron chi connectivity index (χ1n) is 6.20. The molecule has 3 heterocycles. The summed E-state index contributed by atoms with van der Waals surface area (Å²) in [5.41, 5.74) is 3.40. The number of para-hydroxylation sites is 1. The Labute approximate surface area is 123 Å². The van der Waals surface area contributed by atoms with Crippen LogP contribution in [-0.4, -0.2) is 9.97 Å². The summed E-state index contributed by atoms with van der Waals surface area (Å²) in [6.07, 6.45) is 3.58. The van der Waals surface area contributed by atoms with E-state index in [4.69, 9.17) is 4.42 Å². The van der Waals surface area contributed by atoms with Gasteiger partial charge in [0.15, 0.2) is 0 Å². The van der Waals surface area contributed by atoms with Crippen LogP contribution in [0.15, 0.2) is 63.7 Å². The molecule has 0 fully saturated rings. The standard InChI is InChI=1S/C16H9BrN2O/c17-11-5-6-14(18-9-11)10-7-13-12-3-1-2-4-15(12)20-16(13)19-8-10/h1-9H. The number of aromatic nitrogens is 2. The molecule has 0 unspecified atom stereocenters. The van der Waals surface area contributed by atoms with E-state index >= 15 is 0 Å². The van der Waals surface area contributed by atoms with Crippen LogP contribution in [-0.2, 0) is 0 Å². The molecule has 0 atom stereocenters. The molecule has 3 nitrogen and oxygen atoms in total. The average molecular weight is 325 g/mol. The lowest BCUT2D eigenvalue weighted by Gasteiger charge is -2.00. The minimum absolute atomic E-state index is 0.659. The molecule has 1 aromatic carbocycles. The van der Waals surface area contributed by atoms with Gasteiger partial charge in [-0.15, -0.1) is 0 Å². The highest BCUT2D eigenvalue weighted by molar-refractivity contribution is 9.10. The Morgan fingerprint density at radius 1 is 0.900 bits per heavy atom. The van der Waals surface area contributed by atoms with Gasteiger partial charge in [0.25, 0.3) is 0 Å². The van der Waals surface area contributed by atoms with Gasteiger partial charge < -0.3 is 4.42 Å². The molecule has 0 aliphatic rings. The number of hydrogen-bond acceptors (Lipinski definition) is 3. The fourth-order valence-corrected chi connectivity index (χ4v) is 2.53. The fourth-order valence-electron chi connectivity index (χ4n) is 2.30. The molecule has 3 aromatic heterocycles. The highest BCUT2D eigenvalue weighted by atomic mass is 79.9. The number of fused-ring (bicyclic) bond motifs is 3. The maximum atomic E-state index is 5.72. The van der Waals surface area contributed by atoms with Crippen LogP contribution in [0.1, 0.15) is 0 Å². The van der Waals surface area contributed by atoms with Crippen molar-refractivity contribution in [3.8, 4) is 11.3 Å². The predicted octanol–water partition coefficient (Wildman–Crippen LogP) is 4.81. The van der Waals surface area contributed by atoms with Gasteiger partial charge in [-0.25, -0.2) is 4.98 Å². The van der Waals surface area contributed by atoms with Crippen molar-refractivity contribution < 1.29 is 4.42 Å². The first-order chi connectivity index (χ1) is 9.81. The molecule has 0 N–H and O–H groups in total. The first-order valence-corrected chi connectivity index (χ1v) is 7.00. The van der Waals surface area contributed by atoms with Gasteiger partial charge in [0.2, 0.25) is 5.71 Å². The second kappa shape index (κ2) is 4.42. The Bertz CT molecular complexity index is 913. The maximum absolute atomic E-state index is 5.72. The zero-order valence-corrected chi connectivity index (χ0v) is 12.0. The third kappa shape index (κ3) is 1.80. The molecular formula is C16H9BrN2O. The van der Waals surface area contributed by atoms with Crippen LogP contribution < -0.4 is 0 Å². The highest BCUT2D eigenvalue weighted by Crippen LogP contribution is 2.30. The quantitative estimate of drug-likeness (QED) is 0.504. The summed E-state index contributed by atoms with van der Waals surface area (Å²) < 4.78 is 6.69. The van der Waals surface area contributed by atoms with Gasteiger partial charge in [-0.1, -0.05) is 18.2 Å². The summed E-state index contributed by atoms with van der Waals surface area (Å²) in [4.78, 5) is 8.80. The van der Waals surface area contributed by atoms with E-state index in [0.717, 1.165) is 32.1 Å². The van der Waals surface area contributed by atoms with Crippen LogP contribution in [0.4, 0.5) is 0 Å². The monoisotopic (exact) mass is 324 g/mol. The molecular weight excluding hydrogens is 316 g/mol. The van der Waals surface area contributed by atoms with Gasteiger partial charge in [-0.05, 0) is 40.2 Å². The lowest BCUT2D eigenvalue weighted by molar-refractivity contribution is 0.654. The van der Waals surface area contributed by atoms with Crippen molar-refractivity contribution in [2.45, 2.75) is 0 Å². The van der Waals surface area contributed by atoms with E-state index in [1.54, 1.807) is 12.4 Å². The smallest absolute Gasteiger partial charge is 0.227 e. The topological polar surface area (TPSA) is 38.9 Å². The molecule has 0 amide bonds. The van der Waals surface area contributed by atoms with E-state index in [2.05, 4.69) is 32.0 Å². The molecule has 4 heteroatoms. The summed E-state index contributed by atoms with van der Waals surface area (Å²) >= 11 is 3.39. The Morgan fingerprint density at radius 2 is 1.80 bits per heavy atom. The lowest BCUT2D eigenvalue weighted by Crippen LogP contribution is -1.84. The number of nitrogens with zero attached hydrogens (tertiary/aromatic N) is 2. The molecule has 4 aromatic rings.